The molecule has 0 aromatic heterocycles. The number of allylic oxidation sites excluding steroid dienone is 7. The van der Waals surface area contributed by atoms with E-state index in [1.54, 1.807) is 16.7 Å². The molecule has 9 unspecified atom stereocenters. The van der Waals surface area contributed by atoms with Gasteiger partial charge in [0, 0.05) is 41.0 Å². The third kappa shape index (κ3) is 3.95. The summed E-state index contributed by atoms with van der Waals surface area (Å²) in [4.78, 5) is 5.72. The summed E-state index contributed by atoms with van der Waals surface area (Å²) in [7, 11) is 0. The molecular weight excluding hydrogens is 593 g/mol. The third-order valence-electron chi connectivity index (χ3n) is 13.4. The quantitative estimate of drug-likeness (QED) is 0.303. The predicted octanol–water partition coefficient (Wildman–Crippen LogP) is 8.74. The van der Waals surface area contributed by atoms with Gasteiger partial charge in [-0.25, -0.2) is 0 Å². The molecule has 0 radical (unpaired) electrons. The maximum absolute atomic E-state index is 4.29. The van der Waals surface area contributed by atoms with E-state index in [1.807, 2.05) is 0 Å². The molecule has 2 heteroatoms. The smallest absolute Gasteiger partial charge is 0.0619 e. The Bertz CT molecular complexity index is 2170. The number of nitrogens with zero attached hydrogens (tertiary/aromatic N) is 2. The average molecular weight is 643 g/mol. The Balaban J connectivity index is 1.18. The molecule has 2 saturated heterocycles. The number of hydrogen-bond acceptors (Lipinski definition) is 2. The first-order valence-corrected chi connectivity index (χ1v) is 18.8. The second kappa shape index (κ2) is 9.81. The molecule has 0 bridgehead atoms. The highest BCUT2D eigenvalue weighted by atomic mass is 15.3. The Morgan fingerprint density at radius 2 is 1.45 bits per heavy atom. The first-order chi connectivity index (χ1) is 23.5. The molecule has 9 atom stereocenters. The molecule has 49 heavy (non-hydrogen) atoms. The van der Waals surface area contributed by atoms with Crippen molar-refractivity contribution in [2.75, 3.05) is 4.90 Å². The van der Waals surface area contributed by atoms with Crippen LogP contribution in [0.15, 0.2) is 120 Å². The Hall–Kier alpha value is -4.04. The first kappa shape index (κ1) is 29.8. The van der Waals surface area contributed by atoms with Crippen molar-refractivity contribution in [2.45, 2.75) is 96.3 Å². The van der Waals surface area contributed by atoms with E-state index in [4.69, 9.17) is 0 Å². The second-order valence-electron chi connectivity index (χ2n) is 18.1. The molecule has 0 N–H and O–H groups in total. The van der Waals surface area contributed by atoms with E-state index in [2.05, 4.69) is 162 Å². The number of hydrogen-bond donors (Lipinski definition) is 0. The van der Waals surface area contributed by atoms with Crippen LogP contribution in [0.2, 0.25) is 0 Å². The van der Waals surface area contributed by atoms with Crippen molar-refractivity contribution >= 4 is 17.8 Å². The van der Waals surface area contributed by atoms with Crippen LogP contribution in [0.5, 0.6) is 0 Å². The van der Waals surface area contributed by atoms with Gasteiger partial charge in [-0.05, 0) is 73.6 Å². The summed E-state index contributed by atoms with van der Waals surface area (Å²) in [6.07, 6.45) is 26.5. The second-order valence-corrected chi connectivity index (χ2v) is 18.1. The SMILES string of the molecule is C=CC1=CC2C(CC1/C=C\C)C1=CC(C(C)(C)C)=CC3C4=CC5C(C=C4N2C13)c1cc(C(C)(C)C)cc2c1N5C1C=c3ccccc3=CC21. The normalized spacial score (nSPS) is 34.2. The molecule has 8 aliphatic rings. The molecule has 2 fully saturated rings. The minimum atomic E-state index is 0.0847. The Morgan fingerprint density at radius 1 is 0.755 bits per heavy atom. The third-order valence-corrected chi connectivity index (χ3v) is 13.4. The summed E-state index contributed by atoms with van der Waals surface area (Å²) in [5.41, 5.74) is 13.9. The molecule has 2 aromatic carbocycles. The van der Waals surface area contributed by atoms with Gasteiger partial charge in [0.1, 0.15) is 0 Å². The molecule has 4 aliphatic heterocycles. The monoisotopic (exact) mass is 642 g/mol. The topological polar surface area (TPSA) is 6.48 Å². The Labute approximate surface area is 293 Å². The van der Waals surface area contributed by atoms with Gasteiger partial charge in [0.25, 0.3) is 0 Å². The molecule has 248 valence electrons. The maximum atomic E-state index is 4.29. The van der Waals surface area contributed by atoms with Gasteiger partial charge in [-0.1, -0.05) is 145 Å². The average Bonchev–Trinajstić information content (AvgIpc) is 3.77. The molecule has 10 rings (SSSR count). The lowest BCUT2D eigenvalue weighted by atomic mass is 9.69. The lowest BCUT2D eigenvalue weighted by Crippen LogP contribution is -2.44. The van der Waals surface area contributed by atoms with Crippen LogP contribution in [0.1, 0.15) is 83.4 Å². The Morgan fingerprint density at radius 3 is 2.12 bits per heavy atom. The van der Waals surface area contributed by atoms with Crippen molar-refractivity contribution < 1.29 is 0 Å². The van der Waals surface area contributed by atoms with Gasteiger partial charge < -0.3 is 9.80 Å². The first-order valence-electron chi connectivity index (χ1n) is 18.8. The standard InChI is InChI=1S/C47H50N2/c1-9-13-27-16-32-36-20-30(46(3,4)5)22-38-34-25-43-35(24-42(34)48(44(36)38)40(32)18-26(27)10-2)39-23-31(47(6,7)8)21-37-33-17-28-14-11-12-15-29(28)19-41(33)49(43)45(37)39/h9-15,17-25,27,32-33,35,38,40-41,43-44H,2,16H2,1,3-8H3/b13-9-. The summed E-state index contributed by atoms with van der Waals surface area (Å²) in [6, 6.07) is 15.6. The van der Waals surface area contributed by atoms with Gasteiger partial charge in [0.2, 0.25) is 0 Å². The molecule has 4 aliphatic carbocycles. The number of fused-ring (bicyclic) bond motifs is 13. The molecular formula is C47H50N2. The summed E-state index contributed by atoms with van der Waals surface area (Å²) >= 11 is 0. The fraction of sp³-hybridized carbons (Fsp3) is 0.404. The van der Waals surface area contributed by atoms with E-state index in [1.165, 1.54) is 50.5 Å². The van der Waals surface area contributed by atoms with Crippen molar-refractivity contribution in [2.24, 2.45) is 23.2 Å². The van der Waals surface area contributed by atoms with Crippen LogP contribution >= 0.6 is 0 Å². The zero-order valence-electron chi connectivity index (χ0n) is 30.2. The van der Waals surface area contributed by atoms with Crippen LogP contribution in [0.3, 0.4) is 0 Å². The highest BCUT2D eigenvalue weighted by Gasteiger charge is 2.59. The lowest BCUT2D eigenvalue weighted by molar-refractivity contribution is 0.277. The van der Waals surface area contributed by atoms with Gasteiger partial charge in [0.05, 0.1) is 24.2 Å². The highest BCUT2D eigenvalue weighted by molar-refractivity contribution is 5.82. The predicted molar refractivity (Wildman–Crippen MR) is 205 cm³/mol. The molecule has 2 aromatic rings. The van der Waals surface area contributed by atoms with Crippen molar-refractivity contribution in [3.05, 3.63) is 147 Å². The zero-order valence-corrected chi connectivity index (χ0v) is 30.2. The van der Waals surface area contributed by atoms with E-state index in [0.717, 1.165) is 0 Å². The minimum absolute atomic E-state index is 0.0847. The van der Waals surface area contributed by atoms with Gasteiger partial charge in [-0.2, -0.15) is 0 Å². The van der Waals surface area contributed by atoms with Crippen LogP contribution in [-0.4, -0.2) is 29.1 Å². The lowest BCUT2D eigenvalue weighted by Gasteiger charge is -2.38. The van der Waals surface area contributed by atoms with E-state index in [0.29, 0.717) is 53.8 Å². The van der Waals surface area contributed by atoms with Crippen molar-refractivity contribution in [1.29, 1.82) is 0 Å². The van der Waals surface area contributed by atoms with Crippen molar-refractivity contribution in [3.8, 4) is 0 Å². The fourth-order valence-corrected chi connectivity index (χ4v) is 11.0. The molecule has 2 nitrogen and oxygen atoms in total. The van der Waals surface area contributed by atoms with E-state index < -0.39 is 0 Å². The minimum Gasteiger partial charge on any atom is -0.357 e. The van der Waals surface area contributed by atoms with Crippen LogP contribution < -0.4 is 15.3 Å². The van der Waals surface area contributed by atoms with E-state index in [-0.39, 0.29) is 10.8 Å². The van der Waals surface area contributed by atoms with Crippen LogP contribution in [0.25, 0.3) is 12.2 Å². The van der Waals surface area contributed by atoms with Gasteiger partial charge in [-0.15, -0.1) is 0 Å². The molecule has 0 saturated carbocycles. The van der Waals surface area contributed by atoms with Crippen molar-refractivity contribution in [1.82, 2.24) is 4.90 Å². The fourth-order valence-electron chi connectivity index (χ4n) is 11.0. The Kier molecular flexibility index (Phi) is 5.97. The van der Waals surface area contributed by atoms with E-state index >= 15 is 0 Å². The van der Waals surface area contributed by atoms with Crippen molar-refractivity contribution in [3.63, 3.8) is 0 Å². The van der Waals surface area contributed by atoms with Crippen LogP contribution in [0, 0.1) is 23.2 Å². The summed E-state index contributed by atoms with van der Waals surface area (Å²) in [6.45, 7) is 20.8. The van der Waals surface area contributed by atoms with Gasteiger partial charge >= 0.3 is 0 Å². The molecule has 4 heterocycles. The van der Waals surface area contributed by atoms with Crippen LogP contribution in [0.4, 0.5) is 5.69 Å². The largest absolute Gasteiger partial charge is 0.357 e. The summed E-state index contributed by atoms with van der Waals surface area (Å²) < 4.78 is 0. The molecule has 0 spiro atoms. The number of anilines is 1. The van der Waals surface area contributed by atoms with Gasteiger partial charge in [-0.3, -0.25) is 0 Å². The number of rotatable bonds is 2. The van der Waals surface area contributed by atoms with E-state index in [9.17, 15) is 0 Å². The zero-order chi connectivity index (χ0) is 33.7. The van der Waals surface area contributed by atoms with Crippen LogP contribution in [-0.2, 0) is 5.41 Å². The van der Waals surface area contributed by atoms with Gasteiger partial charge in [0.15, 0.2) is 0 Å². The maximum Gasteiger partial charge on any atom is 0.0619 e. The molecule has 0 amide bonds. The number of benzene rings is 2. The summed E-state index contributed by atoms with van der Waals surface area (Å²) in [5, 5.41) is 2.76. The highest BCUT2D eigenvalue weighted by Crippen LogP contribution is 2.63. The summed E-state index contributed by atoms with van der Waals surface area (Å²) in [5.74, 6) is 2.09.